The smallest absolute Gasteiger partial charge is 0.227 e. The van der Waals surface area contributed by atoms with Gasteiger partial charge in [-0.2, -0.15) is 0 Å². The van der Waals surface area contributed by atoms with Crippen LogP contribution in [-0.4, -0.2) is 11.0 Å². The predicted octanol–water partition coefficient (Wildman–Crippen LogP) is 2.09. The summed E-state index contributed by atoms with van der Waals surface area (Å²) >= 11 is 0. The molecule has 15 heavy (non-hydrogen) atoms. The number of carbonyl (C=O) groups excluding carboxylic acids is 1. The molecule has 0 aliphatic heterocycles. The second-order valence-electron chi connectivity index (χ2n) is 4.06. The van der Waals surface area contributed by atoms with Crippen molar-refractivity contribution in [3.8, 4) is 0 Å². The summed E-state index contributed by atoms with van der Waals surface area (Å²) in [5, 5.41) is 12.2. The molecule has 1 aromatic carbocycles. The van der Waals surface area contributed by atoms with Gasteiger partial charge in [-0.15, -0.1) is 0 Å². The third-order valence-corrected chi connectivity index (χ3v) is 2.58. The first-order valence-corrected chi connectivity index (χ1v) is 5.25. The Bertz CT molecular complexity index is 370. The maximum absolute atomic E-state index is 11.5. The van der Waals surface area contributed by atoms with Gasteiger partial charge in [0.1, 0.15) is 0 Å². The van der Waals surface area contributed by atoms with Gasteiger partial charge in [0.15, 0.2) is 0 Å². The molecule has 0 aromatic heterocycles. The number of hydrogen-bond donors (Lipinski definition) is 2. The first kappa shape index (κ1) is 10.2. The second kappa shape index (κ2) is 4.03. The van der Waals surface area contributed by atoms with Gasteiger partial charge in [0, 0.05) is 11.6 Å². The average Bonchev–Trinajstić information content (AvgIpc) is 3.01. The topological polar surface area (TPSA) is 49.3 Å². The van der Waals surface area contributed by atoms with Crippen molar-refractivity contribution in [1.82, 2.24) is 0 Å². The van der Waals surface area contributed by atoms with Gasteiger partial charge < -0.3 is 10.4 Å². The standard InChI is InChI=1S/C12H15NO2/c1-8(14)10-3-2-4-11(7-10)13-12(15)9-5-6-9/h2-4,7-9,14H,5-6H2,1H3,(H,13,15)/t8-/m1/s1. The van der Waals surface area contributed by atoms with Gasteiger partial charge in [-0.05, 0) is 37.5 Å². The van der Waals surface area contributed by atoms with Crippen LogP contribution in [0.2, 0.25) is 0 Å². The number of amides is 1. The number of aliphatic hydroxyl groups is 1. The Hall–Kier alpha value is -1.35. The number of nitrogens with one attached hydrogen (secondary N) is 1. The van der Waals surface area contributed by atoms with E-state index >= 15 is 0 Å². The molecule has 0 unspecified atom stereocenters. The Balaban J connectivity index is 2.07. The summed E-state index contributed by atoms with van der Waals surface area (Å²) in [6, 6.07) is 7.33. The SMILES string of the molecule is C[C@@H](O)c1cccc(NC(=O)C2CC2)c1. The Morgan fingerprint density at radius 2 is 2.27 bits per heavy atom. The molecule has 1 saturated carbocycles. The van der Waals surface area contributed by atoms with Crippen molar-refractivity contribution in [2.24, 2.45) is 5.92 Å². The Labute approximate surface area is 89.1 Å². The third kappa shape index (κ3) is 2.57. The van der Waals surface area contributed by atoms with Crippen LogP contribution in [0.1, 0.15) is 31.4 Å². The molecule has 2 rings (SSSR count). The fourth-order valence-electron chi connectivity index (χ4n) is 1.47. The fourth-order valence-corrected chi connectivity index (χ4v) is 1.47. The highest BCUT2D eigenvalue weighted by Gasteiger charge is 2.29. The predicted molar refractivity (Wildman–Crippen MR) is 58.4 cm³/mol. The van der Waals surface area contributed by atoms with Crippen molar-refractivity contribution in [2.45, 2.75) is 25.9 Å². The van der Waals surface area contributed by atoms with Crippen LogP contribution >= 0.6 is 0 Å². The normalized spacial score (nSPS) is 17.2. The fraction of sp³-hybridized carbons (Fsp3) is 0.417. The van der Waals surface area contributed by atoms with E-state index in [1.165, 1.54) is 0 Å². The number of aliphatic hydroxyl groups excluding tert-OH is 1. The van der Waals surface area contributed by atoms with Crippen molar-refractivity contribution in [1.29, 1.82) is 0 Å². The number of rotatable bonds is 3. The van der Waals surface area contributed by atoms with Crippen LogP contribution in [0, 0.1) is 5.92 Å². The van der Waals surface area contributed by atoms with Gasteiger partial charge in [0.25, 0.3) is 0 Å². The summed E-state index contributed by atoms with van der Waals surface area (Å²) in [6.45, 7) is 1.71. The molecule has 3 nitrogen and oxygen atoms in total. The van der Waals surface area contributed by atoms with Crippen LogP contribution in [0.3, 0.4) is 0 Å². The van der Waals surface area contributed by atoms with Crippen molar-refractivity contribution < 1.29 is 9.90 Å². The number of carbonyl (C=O) groups is 1. The lowest BCUT2D eigenvalue weighted by atomic mass is 10.1. The Morgan fingerprint density at radius 1 is 1.53 bits per heavy atom. The maximum Gasteiger partial charge on any atom is 0.227 e. The molecule has 1 atom stereocenters. The molecule has 0 heterocycles. The van der Waals surface area contributed by atoms with Gasteiger partial charge in [0.2, 0.25) is 5.91 Å². The van der Waals surface area contributed by atoms with Crippen molar-refractivity contribution in [3.05, 3.63) is 29.8 Å². The van der Waals surface area contributed by atoms with Crippen LogP contribution in [0.15, 0.2) is 24.3 Å². The summed E-state index contributed by atoms with van der Waals surface area (Å²) in [5.74, 6) is 0.304. The largest absolute Gasteiger partial charge is 0.389 e. The minimum absolute atomic E-state index is 0.0951. The number of anilines is 1. The Morgan fingerprint density at radius 3 is 2.87 bits per heavy atom. The molecule has 2 N–H and O–H groups in total. The van der Waals surface area contributed by atoms with E-state index in [2.05, 4.69) is 5.32 Å². The molecule has 0 bridgehead atoms. The highest BCUT2D eigenvalue weighted by atomic mass is 16.3. The van der Waals surface area contributed by atoms with Gasteiger partial charge in [-0.1, -0.05) is 12.1 Å². The van der Waals surface area contributed by atoms with E-state index in [0.717, 1.165) is 24.1 Å². The van der Waals surface area contributed by atoms with Crippen LogP contribution in [0.5, 0.6) is 0 Å². The first-order chi connectivity index (χ1) is 7.16. The molecule has 1 aliphatic rings. The summed E-state index contributed by atoms with van der Waals surface area (Å²) in [4.78, 5) is 11.5. The van der Waals surface area contributed by atoms with Crippen LogP contribution < -0.4 is 5.32 Å². The monoisotopic (exact) mass is 205 g/mol. The van der Waals surface area contributed by atoms with Gasteiger partial charge in [0.05, 0.1) is 6.10 Å². The summed E-state index contributed by atoms with van der Waals surface area (Å²) < 4.78 is 0. The molecule has 1 amide bonds. The van der Waals surface area contributed by atoms with E-state index in [-0.39, 0.29) is 11.8 Å². The van der Waals surface area contributed by atoms with Crippen LogP contribution in [-0.2, 0) is 4.79 Å². The van der Waals surface area contributed by atoms with Crippen molar-refractivity contribution in [3.63, 3.8) is 0 Å². The molecule has 0 radical (unpaired) electrons. The highest BCUT2D eigenvalue weighted by molar-refractivity contribution is 5.94. The van der Waals surface area contributed by atoms with E-state index in [0.29, 0.717) is 0 Å². The summed E-state index contributed by atoms with van der Waals surface area (Å²) in [7, 11) is 0. The highest BCUT2D eigenvalue weighted by Crippen LogP contribution is 2.30. The molecular formula is C12H15NO2. The van der Waals surface area contributed by atoms with Crippen molar-refractivity contribution in [2.75, 3.05) is 5.32 Å². The third-order valence-electron chi connectivity index (χ3n) is 2.58. The molecule has 0 saturated heterocycles. The zero-order chi connectivity index (χ0) is 10.8. The van der Waals surface area contributed by atoms with E-state index < -0.39 is 6.10 Å². The van der Waals surface area contributed by atoms with Gasteiger partial charge in [-0.25, -0.2) is 0 Å². The van der Waals surface area contributed by atoms with Gasteiger partial charge in [-0.3, -0.25) is 4.79 Å². The molecular weight excluding hydrogens is 190 g/mol. The van der Waals surface area contributed by atoms with E-state index in [9.17, 15) is 9.90 Å². The zero-order valence-corrected chi connectivity index (χ0v) is 8.73. The maximum atomic E-state index is 11.5. The minimum atomic E-state index is -0.497. The Kier molecular flexibility index (Phi) is 2.73. The molecule has 1 aliphatic carbocycles. The average molecular weight is 205 g/mol. The van der Waals surface area contributed by atoms with Crippen LogP contribution in [0.25, 0.3) is 0 Å². The summed E-state index contributed by atoms with van der Waals surface area (Å²) in [5.41, 5.74) is 1.59. The second-order valence-corrected chi connectivity index (χ2v) is 4.06. The number of benzene rings is 1. The zero-order valence-electron chi connectivity index (χ0n) is 8.73. The van der Waals surface area contributed by atoms with E-state index in [4.69, 9.17) is 0 Å². The minimum Gasteiger partial charge on any atom is -0.389 e. The van der Waals surface area contributed by atoms with Crippen molar-refractivity contribution >= 4 is 11.6 Å². The lowest BCUT2D eigenvalue weighted by molar-refractivity contribution is -0.117. The number of hydrogen-bond acceptors (Lipinski definition) is 2. The molecule has 3 heteroatoms. The molecule has 1 aromatic rings. The molecule has 1 fully saturated rings. The lowest BCUT2D eigenvalue weighted by Gasteiger charge is -2.08. The lowest BCUT2D eigenvalue weighted by Crippen LogP contribution is -2.13. The molecule has 0 spiro atoms. The summed E-state index contributed by atoms with van der Waals surface area (Å²) in [6.07, 6.45) is 1.51. The van der Waals surface area contributed by atoms with E-state index in [1.54, 1.807) is 6.92 Å². The van der Waals surface area contributed by atoms with Crippen LogP contribution in [0.4, 0.5) is 5.69 Å². The van der Waals surface area contributed by atoms with E-state index in [1.807, 2.05) is 24.3 Å². The quantitative estimate of drug-likeness (QED) is 0.793. The molecule has 80 valence electrons. The van der Waals surface area contributed by atoms with Gasteiger partial charge >= 0.3 is 0 Å². The first-order valence-electron chi connectivity index (χ1n) is 5.25.